The van der Waals surface area contributed by atoms with Gasteiger partial charge in [0.05, 0.1) is 0 Å². The summed E-state index contributed by atoms with van der Waals surface area (Å²) in [6.45, 7) is 2.01. The third-order valence-corrected chi connectivity index (χ3v) is 3.49. The van der Waals surface area contributed by atoms with E-state index in [-0.39, 0.29) is 0 Å². The zero-order valence-electron chi connectivity index (χ0n) is 8.20. The Morgan fingerprint density at radius 1 is 1.43 bits per heavy atom. The highest BCUT2D eigenvalue weighted by Gasteiger charge is 2.41. The van der Waals surface area contributed by atoms with Gasteiger partial charge in [-0.25, -0.2) is 0 Å². The molecule has 1 saturated heterocycles. The predicted octanol–water partition coefficient (Wildman–Crippen LogP) is 0.897. The van der Waals surface area contributed by atoms with Crippen molar-refractivity contribution in [2.24, 2.45) is 0 Å². The Hall–Kier alpha value is -1.22. The normalized spacial score (nSPS) is 29.1. The minimum absolute atomic E-state index is 0.450. The summed E-state index contributed by atoms with van der Waals surface area (Å²) in [6, 6.07) is 6.32. The quantitative estimate of drug-likeness (QED) is 0.638. The molecule has 2 atom stereocenters. The number of fused-ring (bicyclic) bond motifs is 3. The number of phenols is 1. The molecule has 3 heteroatoms. The Morgan fingerprint density at radius 3 is 3.14 bits per heavy atom. The molecule has 2 unspecified atom stereocenters. The molecule has 74 valence electrons. The summed E-state index contributed by atoms with van der Waals surface area (Å²) >= 11 is 0. The van der Waals surface area contributed by atoms with Crippen molar-refractivity contribution >= 4 is 5.69 Å². The fraction of sp³-hybridized carbons (Fsp3) is 0.455. The van der Waals surface area contributed by atoms with Gasteiger partial charge in [-0.15, -0.1) is 0 Å². The molecule has 3 nitrogen and oxygen atoms in total. The van der Waals surface area contributed by atoms with Crippen LogP contribution in [0.25, 0.3) is 0 Å². The van der Waals surface area contributed by atoms with Crippen molar-refractivity contribution in [3.05, 3.63) is 23.8 Å². The van der Waals surface area contributed by atoms with Gasteiger partial charge in [-0.1, -0.05) is 6.07 Å². The van der Waals surface area contributed by atoms with Crippen molar-refractivity contribution in [1.29, 1.82) is 0 Å². The minimum atomic E-state index is 0.450. The number of nitrogens with zero attached hydrogens (tertiary/aromatic N) is 1. The average Bonchev–Trinajstić information content (AvgIpc) is 2.72. The summed E-state index contributed by atoms with van der Waals surface area (Å²) in [7, 11) is 2.11. The molecule has 0 bridgehead atoms. The van der Waals surface area contributed by atoms with E-state index in [9.17, 15) is 5.11 Å². The minimum Gasteiger partial charge on any atom is -0.508 e. The molecule has 0 saturated carbocycles. The van der Waals surface area contributed by atoms with Crippen LogP contribution in [-0.2, 0) is 0 Å². The second kappa shape index (κ2) is 2.64. The van der Waals surface area contributed by atoms with Gasteiger partial charge in [0, 0.05) is 43.3 Å². The molecule has 2 heterocycles. The maximum Gasteiger partial charge on any atom is 0.121 e. The fourth-order valence-electron chi connectivity index (χ4n) is 2.77. The third-order valence-electron chi connectivity index (χ3n) is 3.49. The molecule has 1 aromatic carbocycles. The van der Waals surface area contributed by atoms with Crippen LogP contribution in [0.1, 0.15) is 11.5 Å². The number of rotatable bonds is 0. The maximum atomic E-state index is 9.84. The zero-order valence-corrected chi connectivity index (χ0v) is 8.20. The lowest BCUT2D eigenvalue weighted by Gasteiger charge is -2.20. The predicted molar refractivity (Wildman–Crippen MR) is 55.9 cm³/mol. The molecule has 1 fully saturated rings. The Kier molecular flexibility index (Phi) is 1.53. The summed E-state index contributed by atoms with van der Waals surface area (Å²) < 4.78 is 0. The fourth-order valence-corrected chi connectivity index (χ4v) is 2.77. The van der Waals surface area contributed by atoms with Crippen LogP contribution in [0.15, 0.2) is 18.2 Å². The van der Waals surface area contributed by atoms with E-state index in [4.69, 9.17) is 0 Å². The molecule has 2 N–H and O–H groups in total. The van der Waals surface area contributed by atoms with Crippen LogP contribution in [0, 0.1) is 0 Å². The first-order valence-electron chi connectivity index (χ1n) is 5.04. The summed E-state index contributed by atoms with van der Waals surface area (Å²) in [5, 5.41) is 13.2. The Morgan fingerprint density at radius 2 is 2.29 bits per heavy atom. The highest BCUT2D eigenvalue weighted by Crippen LogP contribution is 2.45. The first kappa shape index (κ1) is 8.12. The second-order valence-corrected chi connectivity index (χ2v) is 4.15. The smallest absolute Gasteiger partial charge is 0.121 e. The van der Waals surface area contributed by atoms with Gasteiger partial charge >= 0.3 is 0 Å². The number of anilines is 1. The molecule has 3 rings (SSSR count). The van der Waals surface area contributed by atoms with Crippen molar-refractivity contribution in [3.63, 3.8) is 0 Å². The number of nitrogens with one attached hydrogen (secondary N) is 1. The van der Waals surface area contributed by atoms with E-state index >= 15 is 0 Å². The molecular formula is C11H14N2O. The van der Waals surface area contributed by atoms with Crippen LogP contribution < -0.4 is 10.2 Å². The van der Waals surface area contributed by atoms with Gasteiger partial charge < -0.3 is 15.3 Å². The van der Waals surface area contributed by atoms with Gasteiger partial charge in [0.2, 0.25) is 0 Å². The Balaban J connectivity index is 2.18. The van der Waals surface area contributed by atoms with E-state index in [1.54, 1.807) is 6.07 Å². The summed E-state index contributed by atoms with van der Waals surface area (Å²) in [6.07, 6.45) is 0. The van der Waals surface area contributed by atoms with Crippen molar-refractivity contribution in [2.75, 3.05) is 25.0 Å². The lowest BCUT2D eigenvalue weighted by atomic mass is 9.97. The van der Waals surface area contributed by atoms with E-state index in [1.165, 1.54) is 5.69 Å². The summed E-state index contributed by atoms with van der Waals surface area (Å²) in [4.78, 5) is 2.28. The standard InChI is InChI=1S/C11H14N2O/c1-13-8-3-2-4-10(14)11(8)7-5-12-6-9(7)13/h2-4,7,9,12,14H,5-6H2,1H3. The van der Waals surface area contributed by atoms with Gasteiger partial charge in [0.1, 0.15) is 5.75 Å². The van der Waals surface area contributed by atoms with Crippen LogP contribution in [0.4, 0.5) is 5.69 Å². The molecule has 0 aromatic heterocycles. The van der Waals surface area contributed by atoms with Crippen molar-refractivity contribution in [2.45, 2.75) is 12.0 Å². The number of phenolic OH excluding ortho intramolecular Hbond substituents is 1. The summed E-state index contributed by atoms with van der Waals surface area (Å²) in [5.74, 6) is 0.918. The number of hydrogen-bond acceptors (Lipinski definition) is 3. The molecule has 2 aliphatic rings. The zero-order chi connectivity index (χ0) is 9.71. The number of hydrogen-bond donors (Lipinski definition) is 2. The van der Waals surface area contributed by atoms with Gasteiger partial charge in [-0.2, -0.15) is 0 Å². The van der Waals surface area contributed by atoms with Crippen LogP contribution in [0.2, 0.25) is 0 Å². The molecule has 0 radical (unpaired) electrons. The van der Waals surface area contributed by atoms with Crippen LogP contribution in [0.5, 0.6) is 5.75 Å². The van der Waals surface area contributed by atoms with E-state index in [2.05, 4.69) is 23.3 Å². The highest BCUT2D eigenvalue weighted by atomic mass is 16.3. The lowest BCUT2D eigenvalue weighted by molar-refractivity contribution is 0.464. The van der Waals surface area contributed by atoms with Crippen molar-refractivity contribution in [1.82, 2.24) is 5.32 Å². The van der Waals surface area contributed by atoms with E-state index < -0.39 is 0 Å². The average molecular weight is 190 g/mol. The third kappa shape index (κ3) is 0.852. The molecule has 0 spiro atoms. The van der Waals surface area contributed by atoms with Crippen molar-refractivity contribution < 1.29 is 5.11 Å². The number of benzene rings is 1. The largest absolute Gasteiger partial charge is 0.508 e. The topological polar surface area (TPSA) is 35.5 Å². The molecule has 2 aliphatic heterocycles. The molecule has 14 heavy (non-hydrogen) atoms. The molecular weight excluding hydrogens is 176 g/mol. The molecule has 0 aliphatic carbocycles. The summed E-state index contributed by atoms with van der Waals surface area (Å²) in [5.41, 5.74) is 2.33. The van der Waals surface area contributed by atoms with E-state index in [0.717, 1.165) is 18.7 Å². The highest BCUT2D eigenvalue weighted by molar-refractivity contribution is 5.66. The van der Waals surface area contributed by atoms with E-state index in [1.807, 2.05) is 6.07 Å². The second-order valence-electron chi connectivity index (χ2n) is 4.15. The number of likely N-dealkylation sites (N-methyl/N-ethyl adjacent to an activating group) is 1. The van der Waals surface area contributed by atoms with Crippen molar-refractivity contribution in [3.8, 4) is 5.75 Å². The SMILES string of the molecule is CN1c2cccc(O)c2C2CNCC21. The van der Waals surface area contributed by atoms with Crippen LogP contribution in [0.3, 0.4) is 0 Å². The van der Waals surface area contributed by atoms with E-state index in [0.29, 0.717) is 17.7 Å². The monoisotopic (exact) mass is 190 g/mol. The Labute approximate surface area is 83.3 Å². The maximum absolute atomic E-state index is 9.84. The first-order chi connectivity index (χ1) is 6.79. The Bertz CT molecular complexity index is 378. The van der Waals surface area contributed by atoms with Crippen LogP contribution in [-0.4, -0.2) is 31.3 Å². The van der Waals surface area contributed by atoms with Gasteiger partial charge in [-0.3, -0.25) is 0 Å². The van der Waals surface area contributed by atoms with Crippen LogP contribution >= 0.6 is 0 Å². The number of aromatic hydroxyl groups is 1. The molecule has 1 aromatic rings. The van der Waals surface area contributed by atoms with Gasteiger partial charge in [0.15, 0.2) is 0 Å². The first-order valence-corrected chi connectivity index (χ1v) is 5.04. The lowest BCUT2D eigenvalue weighted by Crippen LogP contribution is -2.31. The van der Waals surface area contributed by atoms with Gasteiger partial charge in [0.25, 0.3) is 0 Å². The van der Waals surface area contributed by atoms with Gasteiger partial charge in [-0.05, 0) is 12.1 Å². The molecule has 0 amide bonds.